The second-order valence-electron chi connectivity index (χ2n) is 4.71. The first-order chi connectivity index (χ1) is 10.2. The van der Waals surface area contributed by atoms with Crippen LogP contribution in [0.1, 0.15) is 11.3 Å². The normalized spacial score (nSPS) is 10.8. The minimum absolute atomic E-state index is 0.298. The first kappa shape index (κ1) is 14.0. The highest BCUT2D eigenvalue weighted by atomic mass is 79.9. The zero-order valence-corrected chi connectivity index (χ0v) is 12.8. The number of hydrogen-bond acceptors (Lipinski definition) is 2. The van der Waals surface area contributed by atoms with Gasteiger partial charge in [0.2, 0.25) is 0 Å². The Bertz CT molecular complexity index is 776. The molecule has 0 saturated carbocycles. The van der Waals surface area contributed by atoms with Gasteiger partial charge in [0, 0.05) is 16.8 Å². The van der Waals surface area contributed by atoms with Crippen molar-refractivity contribution in [3.8, 4) is 5.75 Å². The number of fused-ring (bicyclic) bond motifs is 1. The van der Waals surface area contributed by atoms with Crippen LogP contribution in [-0.2, 0) is 11.9 Å². The smallest absolute Gasteiger partial charge is 0.130 e. The Kier molecular flexibility index (Phi) is 4.15. The van der Waals surface area contributed by atoms with Crippen molar-refractivity contribution in [1.82, 2.24) is 4.98 Å². The maximum Gasteiger partial charge on any atom is 0.130 e. The molecule has 3 rings (SSSR count). The van der Waals surface area contributed by atoms with Crippen LogP contribution in [-0.4, -0.2) is 4.98 Å². The van der Waals surface area contributed by atoms with Gasteiger partial charge in [0.15, 0.2) is 0 Å². The molecule has 0 aliphatic heterocycles. The van der Waals surface area contributed by atoms with E-state index in [1.807, 2.05) is 42.5 Å². The summed E-state index contributed by atoms with van der Waals surface area (Å²) in [6.45, 7) is 0.315. The fourth-order valence-electron chi connectivity index (χ4n) is 2.13. The average Bonchev–Trinajstić information content (AvgIpc) is 2.52. The zero-order valence-electron chi connectivity index (χ0n) is 11.2. The summed E-state index contributed by atoms with van der Waals surface area (Å²) in [5.74, 6) is 0.216. The predicted octanol–water partition coefficient (Wildman–Crippen LogP) is 4.85. The van der Waals surface area contributed by atoms with Gasteiger partial charge in [-0.2, -0.15) is 0 Å². The molecule has 2 nitrogen and oxygen atoms in total. The van der Waals surface area contributed by atoms with Gasteiger partial charge >= 0.3 is 0 Å². The van der Waals surface area contributed by atoms with E-state index in [9.17, 15) is 4.39 Å². The average molecular weight is 346 g/mol. The van der Waals surface area contributed by atoms with Crippen molar-refractivity contribution >= 4 is 26.8 Å². The Balaban J connectivity index is 1.78. The quantitative estimate of drug-likeness (QED) is 0.630. The third-order valence-corrected chi connectivity index (χ3v) is 3.78. The lowest BCUT2D eigenvalue weighted by Gasteiger charge is -2.08. The molecule has 0 aliphatic carbocycles. The van der Waals surface area contributed by atoms with E-state index in [1.165, 1.54) is 12.1 Å². The Hall–Kier alpha value is -1.94. The van der Waals surface area contributed by atoms with E-state index in [1.54, 1.807) is 0 Å². The monoisotopic (exact) mass is 345 g/mol. The zero-order chi connectivity index (χ0) is 14.7. The van der Waals surface area contributed by atoms with Gasteiger partial charge in [-0.05, 0) is 29.8 Å². The van der Waals surface area contributed by atoms with Gasteiger partial charge in [-0.3, -0.25) is 0 Å². The molecule has 0 aliphatic rings. The Morgan fingerprint density at radius 1 is 1.05 bits per heavy atom. The predicted molar refractivity (Wildman–Crippen MR) is 85.1 cm³/mol. The van der Waals surface area contributed by atoms with Crippen molar-refractivity contribution in [3.05, 3.63) is 71.7 Å². The minimum atomic E-state index is -0.298. The fraction of sp³-hybridized carbons (Fsp3) is 0.118. The van der Waals surface area contributed by atoms with E-state index in [0.717, 1.165) is 22.2 Å². The standard InChI is InChI=1S/C17H13BrFNO/c18-10-12-7-14(19)9-16(8-12)21-11-15-6-5-13-3-1-2-4-17(13)20-15/h1-9H,10-11H2. The highest BCUT2D eigenvalue weighted by Gasteiger charge is 2.03. The van der Waals surface area contributed by atoms with Crippen LogP contribution >= 0.6 is 15.9 Å². The molecule has 0 amide bonds. The van der Waals surface area contributed by atoms with Crippen molar-refractivity contribution in [2.24, 2.45) is 0 Å². The fourth-order valence-corrected chi connectivity index (χ4v) is 2.45. The highest BCUT2D eigenvalue weighted by molar-refractivity contribution is 9.08. The van der Waals surface area contributed by atoms with Crippen LogP contribution in [0, 0.1) is 5.82 Å². The topological polar surface area (TPSA) is 22.1 Å². The Morgan fingerprint density at radius 2 is 1.90 bits per heavy atom. The summed E-state index contributed by atoms with van der Waals surface area (Å²) < 4.78 is 19.1. The molecule has 0 spiro atoms. The summed E-state index contributed by atoms with van der Waals surface area (Å²) in [7, 11) is 0. The minimum Gasteiger partial charge on any atom is -0.487 e. The molecule has 0 fully saturated rings. The molecule has 0 saturated heterocycles. The molecular formula is C17H13BrFNO. The molecule has 0 unspecified atom stereocenters. The summed E-state index contributed by atoms with van der Waals surface area (Å²) in [6, 6.07) is 16.5. The molecule has 21 heavy (non-hydrogen) atoms. The highest BCUT2D eigenvalue weighted by Crippen LogP contribution is 2.20. The number of para-hydroxylation sites is 1. The Labute approximate surface area is 130 Å². The number of nitrogens with zero attached hydrogens (tertiary/aromatic N) is 1. The third kappa shape index (κ3) is 3.39. The van der Waals surface area contributed by atoms with E-state index in [-0.39, 0.29) is 5.82 Å². The molecule has 1 heterocycles. The molecule has 3 aromatic rings. The molecule has 106 valence electrons. The van der Waals surface area contributed by atoms with Crippen LogP contribution in [0.15, 0.2) is 54.6 Å². The van der Waals surface area contributed by atoms with Crippen molar-refractivity contribution in [2.45, 2.75) is 11.9 Å². The van der Waals surface area contributed by atoms with Gasteiger partial charge in [-0.15, -0.1) is 0 Å². The number of benzene rings is 2. The van der Waals surface area contributed by atoms with E-state index in [2.05, 4.69) is 20.9 Å². The number of hydrogen-bond donors (Lipinski definition) is 0. The van der Waals surface area contributed by atoms with Gasteiger partial charge in [0.25, 0.3) is 0 Å². The second kappa shape index (κ2) is 6.22. The molecule has 2 aromatic carbocycles. The van der Waals surface area contributed by atoms with Crippen LogP contribution in [0.4, 0.5) is 4.39 Å². The van der Waals surface area contributed by atoms with Gasteiger partial charge in [0.1, 0.15) is 18.2 Å². The van der Waals surface area contributed by atoms with E-state index in [0.29, 0.717) is 17.7 Å². The van der Waals surface area contributed by atoms with Crippen molar-refractivity contribution in [2.75, 3.05) is 0 Å². The molecule has 0 atom stereocenters. The van der Waals surface area contributed by atoms with Crippen molar-refractivity contribution in [3.63, 3.8) is 0 Å². The van der Waals surface area contributed by atoms with Crippen molar-refractivity contribution in [1.29, 1.82) is 0 Å². The van der Waals surface area contributed by atoms with Crippen LogP contribution in [0.3, 0.4) is 0 Å². The second-order valence-corrected chi connectivity index (χ2v) is 5.27. The van der Waals surface area contributed by atoms with E-state index in [4.69, 9.17) is 4.74 Å². The largest absolute Gasteiger partial charge is 0.487 e. The number of aromatic nitrogens is 1. The lowest BCUT2D eigenvalue weighted by Crippen LogP contribution is -1.99. The van der Waals surface area contributed by atoms with E-state index < -0.39 is 0 Å². The van der Waals surface area contributed by atoms with Gasteiger partial charge in [0.05, 0.1) is 11.2 Å². The Morgan fingerprint density at radius 3 is 2.76 bits per heavy atom. The van der Waals surface area contributed by atoms with Crippen LogP contribution < -0.4 is 4.74 Å². The van der Waals surface area contributed by atoms with Crippen LogP contribution in [0.5, 0.6) is 5.75 Å². The number of alkyl halides is 1. The molecule has 0 bridgehead atoms. The lowest BCUT2D eigenvalue weighted by atomic mass is 10.2. The van der Waals surface area contributed by atoms with E-state index >= 15 is 0 Å². The molecule has 0 N–H and O–H groups in total. The number of rotatable bonds is 4. The summed E-state index contributed by atoms with van der Waals surface area (Å²) in [4.78, 5) is 4.53. The molecule has 0 radical (unpaired) electrons. The summed E-state index contributed by atoms with van der Waals surface area (Å²) in [6.07, 6.45) is 0. The number of pyridine rings is 1. The summed E-state index contributed by atoms with van der Waals surface area (Å²) in [5, 5.41) is 1.68. The molecule has 4 heteroatoms. The summed E-state index contributed by atoms with van der Waals surface area (Å²) in [5.41, 5.74) is 2.59. The number of ether oxygens (including phenoxy) is 1. The maximum absolute atomic E-state index is 13.4. The van der Waals surface area contributed by atoms with Gasteiger partial charge < -0.3 is 4.74 Å². The molecule has 1 aromatic heterocycles. The SMILES string of the molecule is Fc1cc(CBr)cc(OCc2ccc3ccccc3n2)c1. The first-order valence-corrected chi connectivity index (χ1v) is 7.69. The maximum atomic E-state index is 13.4. The first-order valence-electron chi connectivity index (χ1n) is 6.57. The molecular weight excluding hydrogens is 333 g/mol. The third-order valence-electron chi connectivity index (χ3n) is 3.13. The number of halogens is 2. The van der Waals surface area contributed by atoms with Gasteiger partial charge in [-0.25, -0.2) is 9.37 Å². The summed E-state index contributed by atoms with van der Waals surface area (Å²) >= 11 is 3.31. The van der Waals surface area contributed by atoms with Crippen molar-refractivity contribution < 1.29 is 9.13 Å². The lowest BCUT2D eigenvalue weighted by molar-refractivity contribution is 0.300. The van der Waals surface area contributed by atoms with Gasteiger partial charge in [-0.1, -0.05) is 40.2 Å². The van der Waals surface area contributed by atoms with Crippen LogP contribution in [0.25, 0.3) is 10.9 Å². The van der Waals surface area contributed by atoms with Crippen LogP contribution in [0.2, 0.25) is 0 Å².